The van der Waals surface area contributed by atoms with Crippen LogP contribution in [0.1, 0.15) is 17.3 Å². The summed E-state index contributed by atoms with van der Waals surface area (Å²) in [5, 5.41) is 2.66. The first-order valence-electron chi connectivity index (χ1n) is 8.42. The molecule has 144 valence electrons. The number of ether oxygens (including phenoxy) is 1. The lowest BCUT2D eigenvalue weighted by Gasteiger charge is -2.29. The molecule has 1 aliphatic heterocycles. The van der Waals surface area contributed by atoms with Gasteiger partial charge in [0.1, 0.15) is 0 Å². The van der Waals surface area contributed by atoms with E-state index < -0.39 is 15.9 Å². The zero-order valence-electron chi connectivity index (χ0n) is 15.1. The van der Waals surface area contributed by atoms with Crippen LogP contribution in [0.2, 0.25) is 0 Å². The summed E-state index contributed by atoms with van der Waals surface area (Å²) >= 11 is 0. The second-order valence-corrected chi connectivity index (χ2v) is 8.21. The van der Waals surface area contributed by atoms with E-state index in [-0.39, 0.29) is 18.9 Å². The van der Waals surface area contributed by atoms with Crippen LogP contribution in [0.3, 0.4) is 0 Å². The van der Waals surface area contributed by atoms with Crippen molar-refractivity contribution in [3.05, 3.63) is 29.8 Å². The largest absolute Gasteiger partial charge is 0.379 e. The molecule has 1 fully saturated rings. The van der Waals surface area contributed by atoms with Gasteiger partial charge in [-0.25, -0.2) is 8.42 Å². The third kappa shape index (κ3) is 6.49. The maximum Gasteiger partial charge on any atom is 0.239 e. The molecule has 1 saturated heterocycles. The zero-order valence-corrected chi connectivity index (χ0v) is 15.9. The Balaban J connectivity index is 1.91. The van der Waals surface area contributed by atoms with E-state index in [1.165, 1.54) is 11.2 Å². The number of carbonyl (C=O) groups is 2. The molecule has 0 spiro atoms. The van der Waals surface area contributed by atoms with Crippen LogP contribution in [0.25, 0.3) is 0 Å². The van der Waals surface area contributed by atoms with Gasteiger partial charge < -0.3 is 10.1 Å². The van der Waals surface area contributed by atoms with E-state index >= 15 is 0 Å². The van der Waals surface area contributed by atoms with Gasteiger partial charge in [-0.05, 0) is 31.2 Å². The van der Waals surface area contributed by atoms with E-state index in [1.54, 1.807) is 24.3 Å². The Hall–Kier alpha value is -1.81. The molecule has 1 amide bonds. The van der Waals surface area contributed by atoms with Crippen molar-refractivity contribution >= 4 is 27.4 Å². The number of morpholine rings is 1. The number of hydrogen-bond acceptors (Lipinski definition) is 6. The highest BCUT2D eigenvalue weighted by Gasteiger charge is 2.21. The first-order valence-corrected chi connectivity index (χ1v) is 10.3. The Kier molecular flexibility index (Phi) is 7.27. The fourth-order valence-electron chi connectivity index (χ4n) is 2.59. The molecule has 26 heavy (non-hydrogen) atoms. The molecule has 0 aromatic heterocycles. The number of ketones is 1. The predicted octanol–water partition coefficient (Wildman–Crippen LogP) is 0.422. The maximum atomic E-state index is 12.2. The number of hydrogen-bond donors (Lipinski definition) is 1. The standard InChI is InChI=1S/C17H25N3O5S/c1-14(21)15-3-5-16(6-4-15)18-17(22)13-20(26(2,23)24)8-7-19-9-11-25-12-10-19/h3-6H,7-13H2,1-2H3,(H,18,22). The van der Waals surface area contributed by atoms with Crippen molar-refractivity contribution in [1.29, 1.82) is 0 Å². The Morgan fingerprint density at radius 3 is 2.35 bits per heavy atom. The van der Waals surface area contributed by atoms with E-state index in [0.717, 1.165) is 19.3 Å². The van der Waals surface area contributed by atoms with Crippen LogP contribution < -0.4 is 5.32 Å². The molecule has 0 atom stereocenters. The van der Waals surface area contributed by atoms with E-state index in [4.69, 9.17) is 4.74 Å². The molecule has 0 aliphatic carbocycles. The average molecular weight is 383 g/mol. The molecule has 1 aromatic carbocycles. The number of anilines is 1. The lowest BCUT2D eigenvalue weighted by Crippen LogP contribution is -2.45. The van der Waals surface area contributed by atoms with Gasteiger partial charge in [-0.15, -0.1) is 0 Å². The van der Waals surface area contributed by atoms with E-state index in [0.29, 0.717) is 31.0 Å². The summed E-state index contributed by atoms with van der Waals surface area (Å²) in [6.45, 7) is 4.79. The third-order valence-corrected chi connectivity index (χ3v) is 5.38. The maximum absolute atomic E-state index is 12.2. The monoisotopic (exact) mass is 383 g/mol. The molecule has 0 unspecified atom stereocenters. The van der Waals surface area contributed by atoms with Gasteiger partial charge in [-0.1, -0.05) is 0 Å². The van der Waals surface area contributed by atoms with Gasteiger partial charge >= 0.3 is 0 Å². The Bertz CT molecular complexity index is 727. The summed E-state index contributed by atoms with van der Waals surface area (Å²) in [7, 11) is -3.50. The highest BCUT2D eigenvalue weighted by atomic mass is 32.2. The van der Waals surface area contributed by atoms with Crippen molar-refractivity contribution in [2.24, 2.45) is 0 Å². The average Bonchev–Trinajstić information content (AvgIpc) is 2.59. The minimum Gasteiger partial charge on any atom is -0.379 e. The lowest BCUT2D eigenvalue weighted by molar-refractivity contribution is -0.116. The predicted molar refractivity (Wildman–Crippen MR) is 98.8 cm³/mol. The SMILES string of the molecule is CC(=O)c1ccc(NC(=O)CN(CCN2CCOCC2)S(C)(=O)=O)cc1. The number of benzene rings is 1. The molecule has 2 rings (SSSR count). The molecule has 1 aromatic rings. The van der Waals surface area contributed by atoms with Gasteiger partial charge in [0, 0.05) is 37.4 Å². The van der Waals surface area contributed by atoms with E-state index in [2.05, 4.69) is 10.2 Å². The van der Waals surface area contributed by atoms with Crippen LogP contribution in [-0.2, 0) is 19.6 Å². The fraction of sp³-hybridized carbons (Fsp3) is 0.529. The number of Topliss-reactive ketones (excluding diaryl/α,β-unsaturated/α-hetero) is 1. The van der Waals surface area contributed by atoms with E-state index in [1.807, 2.05) is 0 Å². The Labute approximate surface area is 154 Å². The molecular formula is C17H25N3O5S. The van der Waals surface area contributed by atoms with E-state index in [9.17, 15) is 18.0 Å². The fourth-order valence-corrected chi connectivity index (χ4v) is 3.35. The summed E-state index contributed by atoms with van der Waals surface area (Å²) in [5.41, 5.74) is 1.06. The van der Waals surface area contributed by atoms with Crippen LogP contribution in [0, 0.1) is 0 Å². The summed E-state index contributed by atoms with van der Waals surface area (Å²) < 4.78 is 30.4. The van der Waals surface area contributed by atoms with Crippen LogP contribution in [0.5, 0.6) is 0 Å². The summed E-state index contributed by atoms with van der Waals surface area (Å²) in [4.78, 5) is 25.6. The number of nitrogens with zero attached hydrogens (tertiary/aromatic N) is 2. The van der Waals surface area contributed by atoms with Crippen molar-refractivity contribution in [2.45, 2.75) is 6.92 Å². The number of carbonyl (C=O) groups excluding carboxylic acids is 2. The number of rotatable bonds is 8. The topological polar surface area (TPSA) is 96.0 Å². The first-order chi connectivity index (χ1) is 12.3. The molecule has 0 radical (unpaired) electrons. The van der Waals surface area contributed by atoms with Gasteiger partial charge in [0.2, 0.25) is 15.9 Å². The highest BCUT2D eigenvalue weighted by Crippen LogP contribution is 2.10. The molecular weight excluding hydrogens is 358 g/mol. The second-order valence-electron chi connectivity index (χ2n) is 6.23. The van der Waals surface area contributed by atoms with Crippen molar-refractivity contribution in [3.8, 4) is 0 Å². The number of nitrogens with one attached hydrogen (secondary N) is 1. The molecule has 1 aliphatic rings. The summed E-state index contributed by atoms with van der Waals surface area (Å²) in [6, 6.07) is 6.47. The van der Waals surface area contributed by atoms with Crippen molar-refractivity contribution < 1.29 is 22.7 Å². The lowest BCUT2D eigenvalue weighted by atomic mass is 10.1. The minimum absolute atomic E-state index is 0.0609. The van der Waals surface area contributed by atoms with Gasteiger partial charge in [-0.3, -0.25) is 14.5 Å². The molecule has 0 bridgehead atoms. The van der Waals surface area contributed by atoms with Crippen LogP contribution in [0.4, 0.5) is 5.69 Å². The van der Waals surface area contributed by atoms with Crippen molar-refractivity contribution in [3.63, 3.8) is 0 Å². The van der Waals surface area contributed by atoms with Crippen LogP contribution in [0.15, 0.2) is 24.3 Å². The molecule has 1 N–H and O–H groups in total. The normalized spacial score (nSPS) is 15.8. The molecule has 8 nitrogen and oxygen atoms in total. The summed E-state index contributed by atoms with van der Waals surface area (Å²) in [6.07, 6.45) is 1.10. The molecule has 9 heteroatoms. The van der Waals surface area contributed by atoms with Crippen molar-refractivity contribution in [1.82, 2.24) is 9.21 Å². The third-order valence-electron chi connectivity index (χ3n) is 4.13. The first kappa shape index (κ1) is 20.5. The molecule has 1 heterocycles. The number of amides is 1. The van der Waals surface area contributed by atoms with Gasteiger partial charge in [-0.2, -0.15) is 4.31 Å². The Morgan fingerprint density at radius 2 is 1.81 bits per heavy atom. The van der Waals surface area contributed by atoms with Crippen LogP contribution in [-0.4, -0.2) is 81.5 Å². The quantitative estimate of drug-likeness (QED) is 0.654. The van der Waals surface area contributed by atoms with Gasteiger partial charge in [0.25, 0.3) is 0 Å². The second kappa shape index (κ2) is 9.22. The van der Waals surface area contributed by atoms with Gasteiger partial charge in [0.05, 0.1) is 26.0 Å². The number of sulfonamides is 1. The zero-order chi connectivity index (χ0) is 19.2. The van der Waals surface area contributed by atoms with Crippen molar-refractivity contribution in [2.75, 3.05) is 57.5 Å². The summed E-state index contributed by atoms with van der Waals surface area (Å²) in [5.74, 6) is -0.484. The van der Waals surface area contributed by atoms with Gasteiger partial charge in [0.15, 0.2) is 5.78 Å². The Morgan fingerprint density at radius 1 is 1.19 bits per heavy atom. The smallest absolute Gasteiger partial charge is 0.239 e. The highest BCUT2D eigenvalue weighted by molar-refractivity contribution is 7.88. The molecule has 0 saturated carbocycles. The van der Waals surface area contributed by atoms with Crippen LogP contribution >= 0.6 is 0 Å². The minimum atomic E-state index is -3.50.